The third kappa shape index (κ3) is 3.32. The Balaban J connectivity index is 2.83. The molecular formula is C11H19N3. The second kappa shape index (κ2) is 4.94. The average molecular weight is 193 g/mol. The van der Waals surface area contributed by atoms with Gasteiger partial charge in [0, 0.05) is 17.9 Å². The fourth-order valence-electron chi connectivity index (χ4n) is 1.39. The highest BCUT2D eigenvalue weighted by molar-refractivity contribution is 5.27. The van der Waals surface area contributed by atoms with E-state index in [1.54, 1.807) is 0 Å². The van der Waals surface area contributed by atoms with Gasteiger partial charge in [-0.15, -0.1) is 0 Å². The topological polar surface area (TPSA) is 37.8 Å². The molecule has 1 aromatic heterocycles. The molecule has 0 saturated heterocycles. The van der Waals surface area contributed by atoms with Crippen LogP contribution in [0.4, 0.5) is 5.95 Å². The van der Waals surface area contributed by atoms with Gasteiger partial charge in [0.1, 0.15) is 0 Å². The zero-order chi connectivity index (χ0) is 10.6. The minimum atomic E-state index is 0.638. The van der Waals surface area contributed by atoms with E-state index in [1.165, 1.54) is 0 Å². The smallest absolute Gasteiger partial charge is 0.223 e. The van der Waals surface area contributed by atoms with Crippen molar-refractivity contribution in [2.24, 2.45) is 5.92 Å². The van der Waals surface area contributed by atoms with E-state index < -0.39 is 0 Å². The Labute approximate surface area is 86.0 Å². The van der Waals surface area contributed by atoms with E-state index in [0.717, 1.165) is 30.3 Å². The summed E-state index contributed by atoms with van der Waals surface area (Å²) in [6.07, 6.45) is 1.02. The summed E-state index contributed by atoms with van der Waals surface area (Å²) in [7, 11) is 0. The van der Waals surface area contributed by atoms with Crippen molar-refractivity contribution in [1.29, 1.82) is 0 Å². The molecule has 0 aliphatic rings. The molecule has 0 saturated carbocycles. The fourth-order valence-corrected chi connectivity index (χ4v) is 1.39. The predicted octanol–water partition coefficient (Wildman–Crippen LogP) is 2.42. The molecule has 1 N–H and O–H groups in total. The summed E-state index contributed by atoms with van der Waals surface area (Å²) >= 11 is 0. The van der Waals surface area contributed by atoms with Gasteiger partial charge in [-0.25, -0.2) is 9.97 Å². The summed E-state index contributed by atoms with van der Waals surface area (Å²) in [5.74, 6) is 1.39. The molecule has 0 unspecified atom stereocenters. The molecule has 0 bridgehead atoms. The van der Waals surface area contributed by atoms with Crippen LogP contribution in [-0.4, -0.2) is 16.5 Å². The zero-order valence-electron chi connectivity index (χ0n) is 9.46. The Hall–Kier alpha value is -1.12. The minimum absolute atomic E-state index is 0.638. The van der Waals surface area contributed by atoms with Gasteiger partial charge in [-0.2, -0.15) is 0 Å². The van der Waals surface area contributed by atoms with Crippen LogP contribution in [0.3, 0.4) is 0 Å². The van der Waals surface area contributed by atoms with E-state index in [0.29, 0.717) is 5.92 Å². The van der Waals surface area contributed by atoms with Crippen molar-refractivity contribution in [2.45, 2.75) is 34.1 Å². The third-order valence-electron chi connectivity index (χ3n) is 1.86. The molecule has 0 aliphatic heterocycles. The van der Waals surface area contributed by atoms with Gasteiger partial charge < -0.3 is 5.32 Å². The van der Waals surface area contributed by atoms with Crippen molar-refractivity contribution < 1.29 is 0 Å². The Morgan fingerprint density at radius 2 is 2.07 bits per heavy atom. The van der Waals surface area contributed by atoms with Crippen LogP contribution in [0.1, 0.15) is 32.2 Å². The SMILES string of the molecule is CCNc1nc(C)cc(CC(C)C)n1. The van der Waals surface area contributed by atoms with Crippen molar-refractivity contribution in [2.75, 3.05) is 11.9 Å². The summed E-state index contributed by atoms with van der Waals surface area (Å²) in [6, 6.07) is 2.06. The van der Waals surface area contributed by atoms with Crippen LogP contribution in [0.2, 0.25) is 0 Å². The van der Waals surface area contributed by atoms with Crippen LogP contribution in [-0.2, 0) is 6.42 Å². The molecule has 78 valence electrons. The first-order chi connectivity index (χ1) is 6.61. The van der Waals surface area contributed by atoms with Gasteiger partial charge in [-0.05, 0) is 32.3 Å². The lowest BCUT2D eigenvalue weighted by molar-refractivity contribution is 0.633. The van der Waals surface area contributed by atoms with Gasteiger partial charge in [0.25, 0.3) is 0 Å². The second-order valence-electron chi connectivity index (χ2n) is 3.95. The summed E-state index contributed by atoms with van der Waals surface area (Å²) in [6.45, 7) is 9.32. The number of hydrogen-bond donors (Lipinski definition) is 1. The normalized spacial score (nSPS) is 10.6. The number of hydrogen-bond acceptors (Lipinski definition) is 3. The van der Waals surface area contributed by atoms with E-state index in [-0.39, 0.29) is 0 Å². The van der Waals surface area contributed by atoms with Gasteiger partial charge in [0.15, 0.2) is 0 Å². The first kappa shape index (κ1) is 11.0. The number of nitrogens with one attached hydrogen (secondary N) is 1. The van der Waals surface area contributed by atoms with Crippen molar-refractivity contribution in [3.8, 4) is 0 Å². The summed E-state index contributed by atoms with van der Waals surface area (Å²) < 4.78 is 0. The quantitative estimate of drug-likeness (QED) is 0.798. The minimum Gasteiger partial charge on any atom is -0.354 e. The van der Waals surface area contributed by atoms with Crippen LogP contribution in [0.15, 0.2) is 6.07 Å². The van der Waals surface area contributed by atoms with Crippen molar-refractivity contribution in [3.63, 3.8) is 0 Å². The number of aryl methyl sites for hydroxylation is 1. The Morgan fingerprint density at radius 3 is 2.64 bits per heavy atom. The van der Waals surface area contributed by atoms with Gasteiger partial charge in [0.05, 0.1) is 0 Å². The van der Waals surface area contributed by atoms with Crippen LogP contribution in [0.25, 0.3) is 0 Å². The number of aromatic nitrogens is 2. The molecule has 1 aromatic rings. The van der Waals surface area contributed by atoms with Gasteiger partial charge in [-0.3, -0.25) is 0 Å². The predicted molar refractivity (Wildman–Crippen MR) is 59.5 cm³/mol. The van der Waals surface area contributed by atoms with E-state index >= 15 is 0 Å². The Bertz CT molecular complexity index is 295. The van der Waals surface area contributed by atoms with Gasteiger partial charge in [-0.1, -0.05) is 13.8 Å². The maximum atomic E-state index is 4.44. The molecule has 0 fully saturated rings. The number of nitrogens with zero attached hydrogens (tertiary/aromatic N) is 2. The van der Waals surface area contributed by atoms with E-state index in [4.69, 9.17) is 0 Å². The number of anilines is 1. The standard InChI is InChI=1S/C11H19N3/c1-5-12-11-13-9(4)7-10(14-11)6-8(2)3/h7-8H,5-6H2,1-4H3,(H,12,13,14). The maximum Gasteiger partial charge on any atom is 0.223 e. The molecule has 0 amide bonds. The molecule has 0 aliphatic carbocycles. The molecule has 0 aromatic carbocycles. The van der Waals surface area contributed by atoms with E-state index in [1.807, 2.05) is 13.8 Å². The van der Waals surface area contributed by atoms with Crippen molar-refractivity contribution >= 4 is 5.95 Å². The monoisotopic (exact) mass is 193 g/mol. The molecule has 0 atom stereocenters. The molecule has 3 heteroatoms. The Kier molecular flexibility index (Phi) is 3.86. The van der Waals surface area contributed by atoms with E-state index in [2.05, 4.69) is 35.2 Å². The fraction of sp³-hybridized carbons (Fsp3) is 0.636. The van der Waals surface area contributed by atoms with Crippen molar-refractivity contribution in [3.05, 3.63) is 17.5 Å². The molecule has 1 rings (SSSR count). The molecule has 1 heterocycles. The van der Waals surface area contributed by atoms with Crippen LogP contribution < -0.4 is 5.32 Å². The molecule has 3 nitrogen and oxygen atoms in total. The zero-order valence-corrected chi connectivity index (χ0v) is 9.46. The second-order valence-corrected chi connectivity index (χ2v) is 3.95. The first-order valence-corrected chi connectivity index (χ1v) is 5.20. The lowest BCUT2D eigenvalue weighted by Gasteiger charge is -2.08. The number of rotatable bonds is 4. The van der Waals surface area contributed by atoms with E-state index in [9.17, 15) is 0 Å². The van der Waals surface area contributed by atoms with Gasteiger partial charge in [0.2, 0.25) is 5.95 Å². The summed E-state index contributed by atoms with van der Waals surface area (Å²) in [4.78, 5) is 8.75. The third-order valence-corrected chi connectivity index (χ3v) is 1.86. The molecular weight excluding hydrogens is 174 g/mol. The first-order valence-electron chi connectivity index (χ1n) is 5.20. The lowest BCUT2D eigenvalue weighted by atomic mass is 10.1. The molecule has 0 spiro atoms. The molecule has 14 heavy (non-hydrogen) atoms. The summed E-state index contributed by atoms with van der Waals surface area (Å²) in [5.41, 5.74) is 2.16. The maximum absolute atomic E-state index is 4.44. The van der Waals surface area contributed by atoms with Crippen LogP contribution in [0.5, 0.6) is 0 Å². The highest BCUT2D eigenvalue weighted by Gasteiger charge is 2.03. The Morgan fingerprint density at radius 1 is 1.36 bits per heavy atom. The average Bonchev–Trinajstić information content (AvgIpc) is 2.01. The highest BCUT2D eigenvalue weighted by Crippen LogP contribution is 2.09. The lowest BCUT2D eigenvalue weighted by Crippen LogP contribution is -2.06. The van der Waals surface area contributed by atoms with Gasteiger partial charge >= 0.3 is 0 Å². The molecule has 0 radical (unpaired) electrons. The largest absolute Gasteiger partial charge is 0.354 e. The van der Waals surface area contributed by atoms with Crippen molar-refractivity contribution in [1.82, 2.24) is 9.97 Å². The summed E-state index contributed by atoms with van der Waals surface area (Å²) in [5, 5.41) is 3.14. The highest BCUT2D eigenvalue weighted by atomic mass is 15.1. The van der Waals surface area contributed by atoms with Crippen LogP contribution >= 0.6 is 0 Å². The van der Waals surface area contributed by atoms with Crippen LogP contribution in [0, 0.1) is 12.8 Å².